The first kappa shape index (κ1) is 5.76. The van der Waals surface area contributed by atoms with E-state index < -0.39 is 0 Å². The Morgan fingerprint density at radius 1 is 1.00 bits per heavy atom. The highest BCUT2D eigenvalue weighted by Crippen LogP contribution is 2.38. The van der Waals surface area contributed by atoms with Gasteiger partial charge in [-0.25, -0.2) is 0 Å². The van der Waals surface area contributed by atoms with E-state index in [0.29, 0.717) is 0 Å². The number of hydrogen-bond acceptors (Lipinski definition) is 0. The fraction of sp³-hybridized carbons (Fsp3) is 0.889. The summed E-state index contributed by atoms with van der Waals surface area (Å²) < 4.78 is 0. The first-order valence-electron chi connectivity index (χ1n) is 4.27. The largest absolute Gasteiger partial charge is 0.0528 e. The molecule has 1 radical (unpaired) electrons. The SMILES string of the molecule is [CH]1CC2CCCC(C1)C2. The summed E-state index contributed by atoms with van der Waals surface area (Å²) in [6.07, 6.45) is 11.5. The molecule has 2 rings (SSSR count). The summed E-state index contributed by atoms with van der Waals surface area (Å²) in [7, 11) is 0. The molecule has 2 bridgehead atoms. The lowest BCUT2D eigenvalue weighted by Crippen LogP contribution is -2.20. The zero-order valence-corrected chi connectivity index (χ0v) is 5.97. The molecule has 2 saturated carbocycles. The van der Waals surface area contributed by atoms with Crippen LogP contribution in [0.15, 0.2) is 0 Å². The molecular weight excluding hydrogens is 108 g/mol. The van der Waals surface area contributed by atoms with Crippen LogP contribution in [-0.2, 0) is 0 Å². The molecule has 0 aromatic rings. The maximum absolute atomic E-state index is 2.51. The summed E-state index contributed by atoms with van der Waals surface area (Å²) in [5, 5.41) is 0. The summed E-state index contributed by atoms with van der Waals surface area (Å²) in [5.41, 5.74) is 0. The lowest BCUT2D eigenvalue weighted by molar-refractivity contribution is 0.225. The maximum atomic E-state index is 2.51. The molecule has 2 aliphatic carbocycles. The Bertz CT molecular complexity index is 76.2. The van der Waals surface area contributed by atoms with Crippen molar-refractivity contribution in [2.75, 3.05) is 0 Å². The molecule has 0 aromatic carbocycles. The zero-order valence-electron chi connectivity index (χ0n) is 5.97. The summed E-state index contributed by atoms with van der Waals surface area (Å²) in [5.74, 6) is 2.19. The van der Waals surface area contributed by atoms with Crippen LogP contribution in [-0.4, -0.2) is 0 Å². The van der Waals surface area contributed by atoms with Gasteiger partial charge in [0.2, 0.25) is 0 Å². The lowest BCUT2D eigenvalue weighted by Gasteiger charge is -2.33. The third-order valence-corrected chi connectivity index (χ3v) is 2.89. The van der Waals surface area contributed by atoms with E-state index in [1.165, 1.54) is 32.1 Å². The van der Waals surface area contributed by atoms with Crippen molar-refractivity contribution >= 4 is 0 Å². The second-order valence-electron chi connectivity index (χ2n) is 3.66. The predicted octanol–water partition coefficient (Wildman–Crippen LogP) is 2.79. The van der Waals surface area contributed by atoms with Crippen molar-refractivity contribution in [2.24, 2.45) is 11.8 Å². The first-order chi connectivity index (χ1) is 4.45. The molecule has 2 unspecified atom stereocenters. The van der Waals surface area contributed by atoms with Crippen molar-refractivity contribution in [1.82, 2.24) is 0 Å². The molecular formula is C9H15. The summed E-state index contributed by atoms with van der Waals surface area (Å²) in [4.78, 5) is 0. The van der Waals surface area contributed by atoms with E-state index in [0.717, 1.165) is 11.8 Å². The number of hydrogen-bond donors (Lipinski definition) is 0. The van der Waals surface area contributed by atoms with Gasteiger partial charge in [0.05, 0.1) is 0 Å². The molecule has 0 aromatic heterocycles. The fourth-order valence-corrected chi connectivity index (χ4v) is 2.40. The minimum absolute atomic E-state index is 1.09. The summed E-state index contributed by atoms with van der Waals surface area (Å²) in [6, 6.07) is 0. The van der Waals surface area contributed by atoms with Crippen LogP contribution in [0.3, 0.4) is 0 Å². The minimum atomic E-state index is 1.09. The predicted molar refractivity (Wildman–Crippen MR) is 39.0 cm³/mol. The highest BCUT2D eigenvalue weighted by Gasteiger charge is 2.25. The molecule has 51 valence electrons. The third-order valence-electron chi connectivity index (χ3n) is 2.89. The molecule has 2 aliphatic rings. The smallest absolute Gasteiger partial charge is 0.0380 e. The van der Waals surface area contributed by atoms with Crippen molar-refractivity contribution in [3.05, 3.63) is 6.42 Å². The van der Waals surface area contributed by atoms with Crippen LogP contribution in [0.1, 0.15) is 38.5 Å². The highest BCUT2D eigenvalue weighted by molar-refractivity contribution is 4.86. The van der Waals surface area contributed by atoms with Gasteiger partial charge in [-0.15, -0.1) is 0 Å². The van der Waals surface area contributed by atoms with Crippen LogP contribution in [0.5, 0.6) is 0 Å². The average molecular weight is 123 g/mol. The molecule has 9 heavy (non-hydrogen) atoms. The van der Waals surface area contributed by atoms with Crippen LogP contribution in [0.4, 0.5) is 0 Å². The molecule has 0 heterocycles. The molecule has 0 amide bonds. The molecule has 0 N–H and O–H groups in total. The molecule has 0 aliphatic heterocycles. The van der Waals surface area contributed by atoms with Gasteiger partial charge in [0.15, 0.2) is 0 Å². The van der Waals surface area contributed by atoms with Crippen LogP contribution in [0, 0.1) is 18.3 Å². The van der Waals surface area contributed by atoms with Gasteiger partial charge in [-0.2, -0.15) is 0 Å². The summed E-state index contributed by atoms with van der Waals surface area (Å²) >= 11 is 0. The van der Waals surface area contributed by atoms with E-state index in [4.69, 9.17) is 0 Å². The first-order valence-corrected chi connectivity index (χ1v) is 4.27. The van der Waals surface area contributed by atoms with Crippen molar-refractivity contribution in [3.8, 4) is 0 Å². The van der Waals surface area contributed by atoms with Gasteiger partial charge in [-0.05, 0) is 37.5 Å². The normalized spacial score (nSPS) is 42.7. The van der Waals surface area contributed by atoms with Gasteiger partial charge >= 0.3 is 0 Å². The van der Waals surface area contributed by atoms with Crippen LogP contribution in [0.2, 0.25) is 0 Å². The highest BCUT2D eigenvalue weighted by atomic mass is 14.3. The standard InChI is InChI=1S/C9H15/c1-3-8-5-2-6-9(4-1)7-8/h1,8-9H,2-7H2. The minimum Gasteiger partial charge on any atom is -0.0528 e. The average Bonchev–Trinajstić information content (AvgIpc) is 1.88. The van der Waals surface area contributed by atoms with Crippen molar-refractivity contribution in [1.29, 1.82) is 0 Å². The van der Waals surface area contributed by atoms with Gasteiger partial charge in [0.1, 0.15) is 0 Å². The van der Waals surface area contributed by atoms with Crippen molar-refractivity contribution in [3.63, 3.8) is 0 Å². The van der Waals surface area contributed by atoms with Gasteiger partial charge in [-0.1, -0.05) is 19.3 Å². The molecule has 0 heteroatoms. The van der Waals surface area contributed by atoms with Gasteiger partial charge < -0.3 is 0 Å². The van der Waals surface area contributed by atoms with Crippen LogP contribution < -0.4 is 0 Å². The van der Waals surface area contributed by atoms with Crippen molar-refractivity contribution in [2.45, 2.75) is 38.5 Å². The van der Waals surface area contributed by atoms with E-state index in [-0.39, 0.29) is 0 Å². The number of rotatable bonds is 0. The topological polar surface area (TPSA) is 0 Å². The molecule has 0 nitrogen and oxygen atoms in total. The lowest BCUT2D eigenvalue weighted by atomic mass is 9.72. The Labute approximate surface area is 57.6 Å². The second-order valence-corrected chi connectivity index (χ2v) is 3.66. The quantitative estimate of drug-likeness (QED) is 0.464. The Morgan fingerprint density at radius 2 is 1.67 bits per heavy atom. The fourth-order valence-electron chi connectivity index (χ4n) is 2.40. The van der Waals surface area contributed by atoms with E-state index in [1.807, 2.05) is 0 Å². The van der Waals surface area contributed by atoms with Gasteiger partial charge in [0.25, 0.3) is 0 Å². The van der Waals surface area contributed by atoms with Gasteiger partial charge in [-0.3, -0.25) is 0 Å². The Morgan fingerprint density at radius 3 is 2.22 bits per heavy atom. The Hall–Kier alpha value is 0. The van der Waals surface area contributed by atoms with Crippen LogP contribution >= 0.6 is 0 Å². The van der Waals surface area contributed by atoms with Crippen LogP contribution in [0.25, 0.3) is 0 Å². The molecule has 2 atom stereocenters. The summed E-state index contributed by atoms with van der Waals surface area (Å²) in [6.45, 7) is 0. The van der Waals surface area contributed by atoms with E-state index >= 15 is 0 Å². The molecule has 0 spiro atoms. The maximum Gasteiger partial charge on any atom is -0.0380 e. The van der Waals surface area contributed by atoms with Crippen molar-refractivity contribution < 1.29 is 0 Å². The Kier molecular flexibility index (Phi) is 1.48. The Balaban J connectivity index is 1.96. The zero-order chi connectivity index (χ0) is 6.10. The van der Waals surface area contributed by atoms with Gasteiger partial charge in [0, 0.05) is 0 Å². The molecule has 2 fully saturated rings. The number of fused-ring (bicyclic) bond motifs is 2. The van der Waals surface area contributed by atoms with E-state index in [1.54, 1.807) is 6.42 Å². The van der Waals surface area contributed by atoms with E-state index in [2.05, 4.69) is 6.42 Å². The third kappa shape index (κ3) is 1.12. The van der Waals surface area contributed by atoms with E-state index in [9.17, 15) is 0 Å². The molecule has 0 saturated heterocycles. The monoisotopic (exact) mass is 123 g/mol. The second kappa shape index (κ2) is 2.32.